The van der Waals surface area contributed by atoms with E-state index >= 15 is 0 Å². The SMILES string of the molecule is COc1ccc(C(O)C(C)(C)C#N)c(Cl)c1OC. The van der Waals surface area contributed by atoms with Crippen molar-refractivity contribution in [2.75, 3.05) is 14.2 Å². The lowest BCUT2D eigenvalue weighted by Gasteiger charge is -2.25. The smallest absolute Gasteiger partial charge is 0.179 e. The summed E-state index contributed by atoms with van der Waals surface area (Å²) in [6, 6.07) is 5.33. The molecule has 1 rings (SSSR count). The molecule has 0 saturated carbocycles. The van der Waals surface area contributed by atoms with E-state index in [0.717, 1.165) is 0 Å². The topological polar surface area (TPSA) is 62.5 Å². The third-order valence-electron chi connectivity index (χ3n) is 2.78. The van der Waals surface area contributed by atoms with E-state index < -0.39 is 11.5 Å². The molecule has 0 spiro atoms. The third-order valence-corrected chi connectivity index (χ3v) is 3.17. The number of halogens is 1. The second-order valence-corrected chi connectivity index (χ2v) is 4.82. The van der Waals surface area contributed by atoms with Crippen molar-refractivity contribution in [3.05, 3.63) is 22.7 Å². The van der Waals surface area contributed by atoms with Gasteiger partial charge < -0.3 is 14.6 Å². The highest BCUT2D eigenvalue weighted by Crippen LogP contribution is 2.43. The lowest BCUT2D eigenvalue weighted by atomic mass is 9.84. The van der Waals surface area contributed by atoms with Gasteiger partial charge in [0, 0.05) is 5.56 Å². The Bertz CT molecular complexity index is 480. The zero-order valence-corrected chi connectivity index (χ0v) is 11.6. The lowest BCUT2D eigenvalue weighted by molar-refractivity contribution is 0.0866. The zero-order valence-electron chi connectivity index (χ0n) is 10.8. The summed E-state index contributed by atoms with van der Waals surface area (Å²) < 4.78 is 10.3. The van der Waals surface area contributed by atoms with Crippen LogP contribution in [0.15, 0.2) is 12.1 Å². The number of hydrogen-bond acceptors (Lipinski definition) is 4. The van der Waals surface area contributed by atoms with Crippen LogP contribution < -0.4 is 9.47 Å². The first-order chi connectivity index (χ1) is 8.38. The Balaban J connectivity index is 3.33. The standard InChI is InChI=1S/C13H16ClNO3/c1-13(2,7-15)12(16)8-5-6-9(17-3)11(18-4)10(8)14/h5-6,12,16H,1-4H3. The molecule has 1 atom stereocenters. The molecule has 0 aromatic heterocycles. The van der Waals surface area contributed by atoms with Crippen molar-refractivity contribution in [2.24, 2.45) is 5.41 Å². The molecule has 1 N–H and O–H groups in total. The fourth-order valence-corrected chi connectivity index (χ4v) is 1.90. The molecule has 0 aliphatic heterocycles. The fourth-order valence-electron chi connectivity index (χ4n) is 1.57. The minimum Gasteiger partial charge on any atom is -0.493 e. The number of aliphatic hydroxyl groups is 1. The molecule has 18 heavy (non-hydrogen) atoms. The van der Waals surface area contributed by atoms with E-state index in [-0.39, 0.29) is 5.02 Å². The number of benzene rings is 1. The summed E-state index contributed by atoms with van der Waals surface area (Å²) in [6.07, 6.45) is -1.00. The van der Waals surface area contributed by atoms with Gasteiger partial charge in [-0.05, 0) is 19.9 Å². The van der Waals surface area contributed by atoms with Crippen molar-refractivity contribution in [1.82, 2.24) is 0 Å². The lowest BCUT2D eigenvalue weighted by Crippen LogP contribution is -2.20. The summed E-state index contributed by atoms with van der Waals surface area (Å²) in [4.78, 5) is 0. The van der Waals surface area contributed by atoms with Gasteiger partial charge in [0.05, 0.1) is 36.8 Å². The van der Waals surface area contributed by atoms with E-state index in [0.29, 0.717) is 17.1 Å². The maximum absolute atomic E-state index is 10.2. The van der Waals surface area contributed by atoms with Gasteiger partial charge in [0.15, 0.2) is 11.5 Å². The normalized spacial score (nSPS) is 12.7. The van der Waals surface area contributed by atoms with Gasteiger partial charge in [-0.15, -0.1) is 0 Å². The molecule has 0 fully saturated rings. The molecule has 98 valence electrons. The Morgan fingerprint density at radius 1 is 1.33 bits per heavy atom. The highest BCUT2D eigenvalue weighted by Gasteiger charge is 2.32. The molecule has 0 bridgehead atoms. The van der Waals surface area contributed by atoms with Crippen LogP contribution in [-0.2, 0) is 0 Å². The first-order valence-corrected chi connectivity index (χ1v) is 5.76. The van der Waals surface area contributed by atoms with Crippen molar-refractivity contribution in [2.45, 2.75) is 20.0 Å². The van der Waals surface area contributed by atoms with Crippen LogP contribution >= 0.6 is 11.6 Å². The van der Waals surface area contributed by atoms with Gasteiger partial charge in [0.2, 0.25) is 0 Å². The average Bonchev–Trinajstić information content (AvgIpc) is 2.37. The summed E-state index contributed by atoms with van der Waals surface area (Å²) in [7, 11) is 2.97. The zero-order chi connectivity index (χ0) is 13.9. The number of aliphatic hydroxyl groups excluding tert-OH is 1. The molecule has 4 nitrogen and oxygen atoms in total. The van der Waals surface area contributed by atoms with Crippen LogP contribution in [0.5, 0.6) is 11.5 Å². The number of nitriles is 1. The summed E-state index contributed by atoms with van der Waals surface area (Å²) in [5.74, 6) is 0.831. The number of rotatable bonds is 4. The predicted octanol–water partition coefficient (Wildman–Crippen LogP) is 2.94. The quantitative estimate of drug-likeness (QED) is 0.913. The van der Waals surface area contributed by atoms with Gasteiger partial charge in [-0.3, -0.25) is 0 Å². The van der Waals surface area contributed by atoms with Gasteiger partial charge in [-0.2, -0.15) is 5.26 Å². The number of hydrogen-bond donors (Lipinski definition) is 1. The predicted molar refractivity (Wildman–Crippen MR) is 68.9 cm³/mol. The van der Waals surface area contributed by atoms with Crippen molar-refractivity contribution in [3.8, 4) is 17.6 Å². The fraction of sp³-hybridized carbons (Fsp3) is 0.462. The minimum atomic E-state index is -1.00. The van der Waals surface area contributed by atoms with Crippen LogP contribution in [0.3, 0.4) is 0 Å². The molecule has 1 unspecified atom stereocenters. The van der Waals surface area contributed by atoms with Gasteiger partial charge >= 0.3 is 0 Å². The monoisotopic (exact) mass is 269 g/mol. The van der Waals surface area contributed by atoms with Crippen molar-refractivity contribution in [3.63, 3.8) is 0 Å². The average molecular weight is 270 g/mol. The van der Waals surface area contributed by atoms with Crippen LogP contribution in [0.25, 0.3) is 0 Å². The molecule has 0 saturated heterocycles. The molecular formula is C13H16ClNO3. The molecule has 0 amide bonds. The molecule has 1 aromatic carbocycles. The Hall–Kier alpha value is -1.44. The molecular weight excluding hydrogens is 254 g/mol. The van der Waals surface area contributed by atoms with Gasteiger partial charge in [0.25, 0.3) is 0 Å². The Morgan fingerprint density at radius 3 is 2.39 bits per heavy atom. The van der Waals surface area contributed by atoms with E-state index in [1.54, 1.807) is 26.0 Å². The van der Waals surface area contributed by atoms with Gasteiger partial charge in [-0.25, -0.2) is 0 Å². The van der Waals surface area contributed by atoms with E-state index in [1.807, 2.05) is 0 Å². The van der Waals surface area contributed by atoms with Crippen LogP contribution in [-0.4, -0.2) is 19.3 Å². The maximum atomic E-state index is 10.2. The Kier molecular flexibility index (Phi) is 4.44. The summed E-state index contributed by atoms with van der Waals surface area (Å²) in [5, 5.41) is 19.5. The number of nitrogens with zero attached hydrogens (tertiary/aromatic N) is 1. The van der Waals surface area contributed by atoms with Crippen molar-refractivity contribution in [1.29, 1.82) is 5.26 Å². The molecule has 0 radical (unpaired) electrons. The van der Waals surface area contributed by atoms with Crippen LogP contribution in [0, 0.1) is 16.7 Å². The summed E-state index contributed by atoms with van der Waals surface area (Å²) in [6.45, 7) is 3.29. The van der Waals surface area contributed by atoms with Gasteiger partial charge in [0.1, 0.15) is 0 Å². The highest BCUT2D eigenvalue weighted by molar-refractivity contribution is 6.33. The van der Waals surface area contributed by atoms with Crippen molar-refractivity contribution >= 4 is 11.6 Å². The second-order valence-electron chi connectivity index (χ2n) is 4.44. The first-order valence-electron chi connectivity index (χ1n) is 5.38. The van der Waals surface area contributed by atoms with Gasteiger partial charge in [-0.1, -0.05) is 17.7 Å². The van der Waals surface area contributed by atoms with E-state index in [9.17, 15) is 5.11 Å². The first kappa shape index (κ1) is 14.6. The second kappa shape index (κ2) is 5.47. The minimum absolute atomic E-state index is 0.257. The van der Waals surface area contributed by atoms with E-state index in [1.165, 1.54) is 14.2 Å². The van der Waals surface area contributed by atoms with Crippen LogP contribution in [0.2, 0.25) is 5.02 Å². The highest BCUT2D eigenvalue weighted by atomic mass is 35.5. The molecule has 0 aliphatic rings. The van der Waals surface area contributed by atoms with Crippen molar-refractivity contribution < 1.29 is 14.6 Å². The molecule has 1 aromatic rings. The summed E-state index contributed by atoms with van der Waals surface area (Å²) >= 11 is 6.18. The van der Waals surface area contributed by atoms with Crippen LogP contribution in [0.1, 0.15) is 25.5 Å². The number of ether oxygens (including phenoxy) is 2. The third kappa shape index (κ3) is 2.53. The van der Waals surface area contributed by atoms with E-state index in [2.05, 4.69) is 6.07 Å². The Labute approximate surface area is 112 Å². The van der Waals surface area contributed by atoms with E-state index in [4.69, 9.17) is 26.3 Å². The molecule has 0 heterocycles. The molecule has 5 heteroatoms. The summed E-state index contributed by atoms with van der Waals surface area (Å²) in [5.41, 5.74) is -0.496. The van der Waals surface area contributed by atoms with Crippen LogP contribution in [0.4, 0.5) is 0 Å². The number of methoxy groups -OCH3 is 2. The largest absolute Gasteiger partial charge is 0.493 e. The molecule has 0 aliphatic carbocycles. The Morgan fingerprint density at radius 2 is 1.94 bits per heavy atom. The maximum Gasteiger partial charge on any atom is 0.179 e.